The maximum absolute atomic E-state index is 12.5. The first kappa shape index (κ1) is 20.3. The van der Waals surface area contributed by atoms with Gasteiger partial charge in [-0.15, -0.1) is 11.3 Å². The van der Waals surface area contributed by atoms with Crippen LogP contribution in [-0.2, 0) is 14.8 Å². The van der Waals surface area contributed by atoms with Gasteiger partial charge in [-0.05, 0) is 50.1 Å². The molecule has 146 valence electrons. The van der Waals surface area contributed by atoms with E-state index in [0.29, 0.717) is 10.9 Å². The van der Waals surface area contributed by atoms with Crippen LogP contribution in [0.25, 0.3) is 0 Å². The predicted molar refractivity (Wildman–Crippen MR) is 106 cm³/mol. The summed E-state index contributed by atoms with van der Waals surface area (Å²) in [6, 6.07) is 9.39. The molecule has 0 bridgehead atoms. The lowest BCUT2D eigenvalue weighted by molar-refractivity contribution is 0.0940. The van der Waals surface area contributed by atoms with Crippen LogP contribution in [0.4, 0.5) is 0 Å². The molecule has 9 heteroatoms. The molecule has 2 aromatic rings. The average Bonchev–Trinajstić information content (AvgIpc) is 3.32. The van der Waals surface area contributed by atoms with Crippen molar-refractivity contribution in [2.24, 2.45) is 0 Å². The van der Waals surface area contributed by atoms with Crippen molar-refractivity contribution in [1.29, 1.82) is 0 Å². The van der Waals surface area contributed by atoms with Crippen molar-refractivity contribution in [2.75, 3.05) is 13.2 Å². The molecular weight excluding hydrogens is 408 g/mol. The van der Waals surface area contributed by atoms with Gasteiger partial charge >= 0.3 is 0 Å². The highest BCUT2D eigenvalue weighted by molar-refractivity contribution is 7.89. The molecule has 1 aromatic carbocycles. The average molecular weight is 429 g/mol. The molecule has 1 aliphatic rings. The minimum atomic E-state index is -3.71. The van der Waals surface area contributed by atoms with E-state index in [9.17, 15) is 13.2 Å². The van der Waals surface area contributed by atoms with Crippen LogP contribution in [0, 0.1) is 0 Å². The number of halogens is 1. The van der Waals surface area contributed by atoms with Gasteiger partial charge in [0, 0.05) is 23.6 Å². The molecule has 2 atom stereocenters. The molecule has 1 amide bonds. The zero-order chi connectivity index (χ0) is 19.4. The first-order valence-corrected chi connectivity index (χ1v) is 11.3. The largest absolute Gasteiger partial charge is 0.377 e. The van der Waals surface area contributed by atoms with Gasteiger partial charge in [-0.25, -0.2) is 13.1 Å². The van der Waals surface area contributed by atoms with Crippen molar-refractivity contribution in [2.45, 2.75) is 36.8 Å². The Morgan fingerprint density at radius 1 is 1.37 bits per heavy atom. The standard InChI is InChI=1S/C18H21ClN2O4S2/c1-12(16-7-8-17(19)26-16)21-18(22)13-4-2-6-15(10-13)27(23,24)20-11-14-5-3-9-25-14/h2,4,6-8,10,12,14,20H,3,5,9,11H2,1H3,(H,21,22). The van der Waals surface area contributed by atoms with Crippen LogP contribution < -0.4 is 10.0 Å². The number of carbonyl (C=O) groups is 1. The van der Waals surface area contributed by atoms with Crippen LogP contribution in [0.3, 0.4) is 0 Å². The molecule has 2 unspecified atom stereocenters. The summed E-state index contributed by atoms with van der Waals surface area (Å²) in [7, 11) is -3.71. The molecule has 1 aromatic heterocycles. The fraction of sp³-hybridized carbons (Fsp3) is 0.389. The van der Waals surface area contributed by atoms with E-state index in [1.807, 2.05) is 13.0 Å². The Morgan fingerprint density at radius 3 is 2.85 bits per heavy atom. The van der Waals surface area contributed by atoms with Crippen LogP contribution in [0.1, 0.15) is 41.0 Å². The molecule has 2 heterocycles. The fourth-order valence-electron chi connectivity index (χ4n) is 2.81. The maximum Gasteiger partial charge on any atom is 0.251 e. The Morgan fingerprint density at radius 2 is 2.19 bits per heavy atom. The molecule has 2 N–H and O–H groups in total. The summed E-state index contributed by atoms with van der Waals surface area (Å²) in [5, 5.41) is 2.86. The third kappa shape index (κ3) is 5.30. The number of thiophene rings is 1. The molecule has 1 saturated heterocycles. The summed E-state index contributed by atoms with van der Waals surface area (Å²) in [4.78, 5) is 13.5. The molecule has 3 rings (SSSR count). The van der Waals surface area contributed by atoms with E-state index in [1.165, 1.54) is 23.5 Å². The minimum absolute atomic E-state index is 0.0555. The molecule has 0 spiro atoms. The molecule has 0 saturated carbocycles. The van der Waals surface area contributed by atoms with Crippen molar-refractivity contribution in [3.05, 3.63) is 51.2 Å². The third-order valence-electron chi connectivity index (χ3n) is 4.30. The third-order valence-corrected chi connectivity index (χ3v) is 7.14. The molecule has 0 radical (unpaired) electrons. The van der Waals surface area contributed by atoms with Gasteiger partial charge in [0.25, 0.3) is 5.91 Å². The van der Waals surface area contributed by atoms with Crippen LogP contribution in [0.15, 0.2) is 41.3 Å². The Balaban J connectivity index is 1.67. The van der Waals surface area contributed by atoms with Crippen LogP contribution in [0.5, 0.6) is 0 Å². The van der Waals surface area contributed by atoms with Gasteiger partial charge in [0.05, 0.1) is 21.4 Å². The van der Waals surface area contributed by atoms with Crippen LogP contribution in [-0.4, -0.2) is 33.6 Å². The van der Waals surface area contributed by atoms with Crippen molar-refractivity contribution >= 4 is 38.9 Å². The van der Waals surface area contributed by atoms with Gasteiger partial charge in [-0.1, -0.05) is 17.7 Å². The highest BCUT2D eigenvalue weighted by Gasteiger charge is 2.21. The Labute approximate surface area is 167 Å². The first-order chi connectivity index (χ1) is 12.8. The first-order valence-electron chi connectivity index (χ1n) is 8.62. The number of benzene rings is 1. The highest BCUT2D eigenvalue weighted by atomic mass is 35.5. The van der Waals surface area contributed by atoms with E-state index in [0.717, 1.165) is 17.7 Å². The molecule has 1 aliphatic heterocycles. The number of amides is 1. The second-order valence-electron chi connectivity index (χ2n) is 6.35. The van der Waals surface area contributed by atoms with Gasteiger partial charge in [0.2, 0.25) is 10.0 Å². The number of hydrogen-bond acceptors (Lipinski definition) is 5. The summed E-state index contributed by atoms with van der Waals surface area (Å²) in [6.45, 7) is 2.74. The van der Waals surface area contributed by atoms with Crippen molar-refractivity contribution in [3.63, 3.8) is 0 Å². The number of nitrogens with one attached hydrogen (secondary N) is 2. The monoisotopic (exact) mass is 428 g/mol. The Kier molecular flexibility index (Phi) is 6.54. The summed E-state index contributed by atoms with van der Waals surface area (Å²) in [6.07, 6.45) is 1.69. The van der Waals surface area contributed by atoms with E-state index in [2.05, 4.69) is 10.0 Å². The summed E-state index contributed by atoms with van der Waals surface area (Å²) in [5.74, 6) is -0.344. The van der Waals surface area contributed by atoms with Crippen LogP contribution in [0.2, 0.25) is 4.34 Å². The Bertz CT molecular complexity index is 908. The smallest absolute Gasteiger partial charge is 0.251 e. The molecule has 27 heavy (non-hydrogen) atoms. The Hall–Kier alpha value is -1.45. The van der Waals surface area contributed by atoms with Gasteiger partial charge in [-0.2, -0.15) is 0 Å². The molecule has 0 aliphatic carbocycles. The summed E-state index contributed by atoms with van der Waals surface area (Å²) in [5.41, 5.74) is 0.282. The van der Waals surface area contributed by atoms with E-state index in [4.69, 9.17) is 16.3 Å². The molecule has 1 fully saturated rings. The minimum Gasteiger partial charge on any atom is -0.377 e. The number of rotatable bonds is 7. The van der Waals surface area contributed by atoms with Crippen molar-refractivity contribution < 1.29 is 17.9 Å². The predicted octanol–water partition coefficient (Wildman–Crippen LogP) is 3.35. The van der Waals surface area contributed by atoms with E-state index in [-0.39, 0.29) is 35.1 Å². The van der Waals surface area contributed by atoms with Gasteiger partial charge < -0.3 is 10.1 Å². The maximum atomic E-state index is 12.5. The topological polar surface area (TPSA) is 84.5 Å². The van der Waals surface area contributed by atoms with E-state index >= 15 is 0 Å². The zero-order valence-electron chi connectivity index (χ0n) is 14.8. The van der Waals surface area contributed by atoms with Gasteiger partial charge in [0.15, 0.2) is 0 Å². The van der Waals surface area contributed by atoms with E-state index in [1.54, 1.807) is 18.2 Å². The highest BCUT2D eigenvalue weighted by Crippen LogP contribution is 2.27. The SMILES string of the molecule is CC(NC(=O)c1cccc(S(=O)(=O)NCC2CCCO2)c1)c1ccc(Cl)s1. The summed E-state index contributed by atoms with van der Waals surface area (Å²) >= 11 is 7.32. The van der Waals surface area contributed by atoms with Gasteiger partial charge in [-0.3, -0.25) is 4.79 Å². The second-order valence-corrected chi connectivity index (χ2v) is 9.87. The molecular formula is C18H21ClN2O4S2. The number of ether oxygens (including phenoxy) is 1. The number of sulfonamides is 1. The van der Waals surface area contributed by atoms with E-state index < -0.39 is 10.0 Å². The van der Waals surface area contributed by atoms with Gasteiger partial charge in [0.1, 0.15) is 0 Å². The number of hydrogen-bond donors (Lipinski definition) is 2. The van der Waals surface area contributed by atoms with Crippen molar-refractivity contribution in [3.8, 4) is 0 Å². The molecule has 6 nitrogen and oxygen atoms in total. The lowest BCUT2D eigenvalue weighted by Gasteiger charge is -2.14. The lowest BCUT2D eigenvalue weighted by atomic mass is 10.2. The second kappa shape index (κ2) is 8.70. The number of carbonyl (C=O) groups excluding carboxylic acids is 1. The fourth-order valence-corrected chi connectivity index (χ4v) is 4.98. The normalized spacial score (nSPS) is 18.4. The van der Waals surface area contributed by atoms with Crippen LogP contribution >= 0.6 is 22.9 Å². The zero-order valence-corrected chi connectivity index (χ0v) is 17.2. The summed E-state index contributed by atoms with van der Waals surface area (Å²) < 4.78 is 33.6. The quantitative estimate of drug-likeness (QED) is 0.708. The lowest BCUT2D eigenvalue weighted by Crippen LogP contribution is -2.32. The van der Waals surface area contributed by atoms with Crippen molar-refractivity contribution in [1.82, 2.24) is 10.0 Å².